The first kappa shape index (κ1) is 19.9. The number of amides is 2. The van der Waals surface area contributed by atoms with E-state index in [4.69, 9.17) is 11.6 Å². The molecule has 0 aliphatic carbocycles. The molecule has 0 fully saturated rings. The van der Waals surface area contributed by atoms with Crippen LogP contribution in [0.15, 0.2) is 24.3 Å². The van der Waals surface area contributed by atoms with Crippen LogP contribution in [0.25, 0.3) is 5.69 Å². The molecule has 1 unspecified atom stereocenters. The first-order valence-corrected chi connectivity index (χ1v) is 8.79. The summed E-state index contributed by atoms with van der Waals surface area (Å²) in [5, 5.41) is 9.89. The van der Waals surface area contributed by atoms with Crippen LogP contribution >= 0.6 is 11.6 Å². The van der Waals surface area contributed by atoms with Crippen LogP contribution in [0.3, 0.4) is 0 Å². The summed E-state index contributed by atoms with van der Waals surface area (Å²) in [5.74, 6) is -0.899. The summed E-state index contributed by atoms with van der Waals surface area (Å²) in [6, 6.07) is 5.73. The first-order valence-electron chi connectivity index (χ1n) is 8.42. The quantitative estimate of drug-likeness (QED) is 0.775. The van der Waals surface area contributed by atoms with E-state index in [0.717, 1.165) is 6.42 Å². The van der Waals surface area contributed by atoms with E-state index in [1.165, 1.54) is 28.9 Å². The van der Waals surface area contributed by atoms with Crippen molar-refractivity contribution >= 4 is 23.4 Å². The number of halogens is 2. The third-order valence-electron chi connectivity index (χ3n) is 3.96. The highest BCUT2D eigenvalue weighted by molar-refractivity contribution is 6.33. The molecule has 1 aromatic carbocycles. The smallest absolute Gasteiger partial charge is 0.256 e. The Morgan fingerprint density at radius 1 is 1.31 bits per heavy atom. The van der Waals surface area contributed by atoms with Crippen LogP contribution in [-0.2, 0) is 4.79 Å². The molecule has 2 N–H and O–H groups in total. The first-order chi connectivity index (χ1) is 12.3. The van der Waals surface area contributed by atoms with Gasteiger partial charge in [-0.3, -0.25) is 9.59 Å². The van der Waals surface area contributed by atoms with Gasteiger partial charge < -0.3 is 10.6 Å². The number of benzene rings is 1. The Kier molecular flexibility index (Phi) is 6.74. The summed E-state index contributed by atoms with van der Waals surface area (Å²) in [4.78, 5) is 24.1. The third kappa shape index (κ3) is 4.82. The number of hydrogen-bond acceptors (Lipinski definition) is 3. The van der Waals surface area contributed by atoms with Gasteiger partial charge in [0.05, 0.1) is 16.9 Å². The van der Waals surface area contributed by atoms with Gasteiger partial charge in [-0.1, -0.05) is 18.5 Å². The topological polar surface area (TPSA) is 76.0 Å². The molecule has 0 spiro atoms. The maximum atomic E-state index is 13.1. The summed E-state index contributed by atoms with van der Waals surface area (Å²) < 4.78 is 14.4. The van der Waals surface area contributed by atoms with Gasteiger partial charge in [-0.05, 0) is 44.5 Å². The van der Waals surface area contributed by atoms with Gasteiger partial charge in [0, 0.05) is 19.0 Å². The minimum Gasteiger partial charge on any atom is -0.354 e. The van der Waals surface area contributed by atoms with Crippen molar-refractivity contribution in [2.75, 3.05) is 6.54 Å². The molecule has 8 heteroatoms. The predicted molar refractivity (Wildman–Crippen MR) is 98.1 cm³/mol. The minimum atomic E-state index is -0.405. The molecule has 0 bridgehead atoms. The highest BCUT2D eigenvalue weighted by Gasteiger charge is 2.21. The van der Waals surface area contributed by atoms with Crippen LogP contribution < -0.4 is 10.6 Å². The minimum absolute atomic E-state index is 0.101. The number of carbonyl (C=O) groups excluding carboxylic acids is 2. The summed E-state index contributed by atoms with van der Waals surface area (Å²) in [6.07, 6.45) is 1.02. The van der Waals surface area contributed by atoms with Crippen LogP contribution in [0.1, 0.15) is 42.7 Å². The van der Waals surface area contributed by atoms with Crippen molar-refractivity contribution in [3.8, 4) is 5.69 Å². The lowest BCUT2D eigenvalue weighted by atomic mass is 10.2. The van der Waals surface area contributed by atoms with Crippen molar-refractivity contribution in [3.05, 3.63) is 46.5 Å². The number of aryl methyl sites for hydroxylation is 1. The molecule has 2 amide bonds. The molecule has 26 heavy (non-hydrogen) atoms. The molecule has 0 saturated heterocycles. The van der Waals surface area contributed by atoms with Crippen molar-refractivity contribution in [1.82, 2.24) is 20.4 Å². The fourth-order valence-corrected chi connectivity index (χ4v) is 2.70. The van der Waals surface area contributed by atoms with Crippen molar-refractivity contribution in [1.29, 1.82) is 0 Å². The zero-order valence-corrected chi connectivity index (χ0v) is 15.7. The van der Waals surface area contributed by atoms with Crippen LogP contribution in [-0.4, -0.2) is 34.2 Å². The molecule has 2 rings (SSSR count). The number of nitrogens with zero attached hydrogens (tertiary/aromatic N) is 2. The van der Waals surface area contributed by atoms with E-state index >= 15 is 0 Å². The van der Waals surface area contributed by atoms with Gasteiger partial charge in [-0.15, -0.1) is 0 Å². The van der Waals surface area contributed by atoms with Gasteiger partial charge in [-0.2, -0.15) is 5.10 Å². The lowest BCUT2D eigenvalue weighted by Crippen LogP contribution is -2.35. The average molecular weight is 381 g/mol. The van der Waals surface area contributed by atoms with Gasteiger partial charge in [0.15, 0.2) is 0 Å². The van der Waals surface area contributed by atoms with Gasteiger partial charge in [0.25, 0.3) is 5.91 Å². The predicted octanol–water partition coefficient (Wildman–Crippen LogP) is 3.01. The zero-order valence-electron chi connectivity index (χ0n) is 15.0. The number of rotatable bonds is 7. The molecule has 1 atom stereocenters. The standard InChI is InChI=1S/C18H22ClFN4O2/c1-4-11(2)22-15(25)9-10-21-18(26)16-12(3)23-24(17(16)19)14-7-5-13(20)6-8-14/h5-8,11H,4,9-10H2,1-3H3,(H,21,26)(H,22,25). The summed E-state index contributed by atoms with van der Waals surface area (Å²) in [6.45, 7) is 5.76. The third-order valence-corrected chi connectivity index (χ3v) is 4.31. The van der Waals surface area contributed by atoms with E-state index in [2.05, 4.69) is 15.7 Å². The largest absolute Gasteiger partial charge is 0.354 e. The van der Waals surface area contributed by atoms with E-state index in [9.17, 15) is 14.0 Å². The SMILES string of the molecule is CCC(C)NC(=O)CCNC(=O)c1c(C)nn(-c2ccc(F)cc2)c1Cl. The van der Waals surface area contributed by atoms with Crippen molar-refractivity contribution < 1.29 is 14.0 Å². The lowest BCUT2D eigenvalue weighted by molar-refractivity contribution is -0.121. The van der Waals surface area contributed by atoms with Crippen LogP contribution in [0.4, 0.5) is 4.39 Å². The fourth-order valence-electron chi connectivity index (χ4n) is 2.34. The number of aromatic nitrogens is 2. The average Bonchev–Trinajstić information content (AvgIpc) is 2.89. The molecule has 140 valence electrons. The number of carbonyl (C=O) groups is 2. The summed E-state index contributed by atoms with van der Waals surface area (Å²) >= 11 is 6.29. The normalized spacial score (nSPS) is 11.9. The van der Waals surface area contributed by atoms with E-state index in [0.29, 0.717) is 11.4 Å². The highest BCUT2D eigenvalue weighted by Crippen LogP contribution is 2.23. The van der Waals surface area contributed by atoms with Crippen LogP contribution in [0.2, 0.25) is 5.15 Å². The highest BCUT2D eigenvalue weighted by atomic mass is 35.5. The van der Waals surface area contributed by atoms with Crippen LogP contribution in [0, 0.1) is 12.7 Å². The van der Waals surface area contributed by atoms with E-state index < -0.39 is 5.91 Å². The Labute approximate surface area is 156 Å². The van der Waals surface area contributed by atoms with Gasteiger partial charge in [0.1, 0.15) is 11.0 Å². The van der Waals surface area contributed by atoms with Crippen LogP contribution in [0.5, 0.6) is 0 Å². The second-order valence-corrected chi connectivity index (χ2v) is 6.38. The fraction of sp³-hybridized carbons (Fsp3) is 0.389. The summed E-state index contributed by atoms with van der Waals surface area (Å²) in [7, 11) is 0. The van der Waals surface area contributed by atoms with E-state index in [1.54, 1.807) is 6.92 Å². The molecule has 2 aromatic rings. The molecule has 0 aliphatic heterocycles. The Morgan fingerprint density at radius 2 is 1.96 bits per heavy atom. The Morgan fingerprint density at radius 3 is 2.58 bits per heavy atom. The van der Waals surface area contributed by atoms with Crippen molar-refractivity contribution in [3.63, 3.8) is 0 Å². The van der Waals surface area contributed by atoms with E-state index in [-0.39, 0.29) is 41.4 Å². The monoisotopic (exact) mass is 380 g/mol. The molecule has 0 radical (unpaired) electrons. The molecule has 6 nitrogen and oxygen atoms in total. The maximum absolute atomic E-state index is 13.1. The second-order valence-electron chi connectivity index (χ2n) is 6.02. The zero-order chi connectivity index (χ0) is 19.3. The second kappa shape index (κ2) is 8.80. The number of hydrogen-bond donors (Lipinski definition) is 2. The van der Waals surface area contributed by atoms with Crippen molar-refractivity contribution in [2.24, 2.45) is 0 Å². The molecular formula is C18H22ClFN4O2. The summed E-state index contributed by atoms with van der Waals surface area (Å²) in [5.41, 5.74) is 1.23. The molecule has 1 aromatic heterocycles. The van der Waals surface area contributed by atoms with Gasteiger partial charge in [-0.25, -0.2) is 9.07 Å². The Balaban J connectivity index is 2.03. The Hall–Kier alpha value is -2.41. The van der Waals surface area contributed by atoms with Gasteiger partial charge >= 0.3 is 0 Å². The molecule has 0 aliphatic rings. The van der Waals surface area contributed by atoms with E-state index in [1.807, 2.05) is 13.8 Å². The van der Waals surface area contributed by atoms with Gasteiger partial charge in [0.2, 0.25) is 5.91 Å². The number of nitrogens with one attached hydrogen (secondary N) is 2. The molecule has 1 heterocycles. The Bertz CT molecular complexity index is 789. The molecular weight excluding hydrogens is 359 g/mol. The molecule has 0 saturated carbocycles. The maximum Gasteiger partial charge on any atom is 0.256 e. The van der Waals surface area contributed by atoms with Crippen molar-refractivity contribution in [2.45, 2.75) is 39.7 Å². The lowest BCUT2D eigenvalue weighted by Gasteiger charge is -2.11.